The Bertz CT molecular complexity index is 1040. The average Bonchev–Trinajstić information content (AvgIpc) is 3.30. The molecule has 0 atom stereocenters. The van der Waals surface area contributed by atoms with Gasteiger partial charge in [0.05, 0.1) is 10.5 Å². The normalized spacial score (nSPS) is 14.2. The van der Waals surface area contributed by atoms with Crippen molar-refractivity contribution in [3.05, 3.63) is 48.0 Å². The lowest BCUT2D eigenvalue weighted by Crippen LogP contribution is -2.31. The van der Waals surface area contributed by atoms with Gasteiger partial charge in [0.2, 0.25) is 10.0 Å². The number of carbonyl (C=O) groups excluding carboxylic acids is 1. The molecule has 0 aromatic heterocycles. The fourth-order valence-electron chi connectivity index (χ4n) is 3.72. The second kappa shape index (κ2) is 10.3. The number of nitrogens with one attached hydrogen (secondary N) is 1. The zero-order valence-electron chi connectivity index (χ0n) is 18.1. The van der Waals surface area contributed by atoms with E-state index in [2.05, 4.69) is 15.0 Å². The smallest absolute Gasteiger partial charge is 0.387 e. The van der Waals surface area contributed by atoms with E-state index in [-0.39, 0.29) is 16.2 Å². The van der Waals surface area contributed by atoms with Gasteiger partial charge in [-0.05, 0) is 55.3 Å². The first-order chi connectivity index (χ1) is 15.3. The molecule has 32 heavy (non-hydrogen) atoms. The summed E-state index contributed by atoms with van der Waals surface area (Å²) in [4.78, 5) is 15.3. The molecule has 1 aliphatic heterocycles. The molecule has 0 radical (unpaired) electrons. The standard InChI is InChI=1S/C22H27F2N3O4S/c1-3-27(4-2)32(29,30)18-11-12-20(26-13-5-6-14-26)19(15-18)21(28)25-16-7-9-17(10-8-16)31-22(23)24/h7-12,15,22H,3-6,13-14H2,1-2H3,(H,25,28). The van der Waals surface area contributed by atoms with Gasteiger partial charge in [-0.3, -0.25) is 4.79 Å². The first-order valence-electron chi connectivity index (χ1n) is 10.5. The van der Waals surface area contributed by atoms with Crippen LogP contribution in [0.4, 0.5) is 20.2 Å². The molecule has 2 aromatic rings. The number of benzene rings is 2. The first-order valence-corrected chi connectivity index (χ1v) is 12.0. The van der Waals surface area contributed by atoms with Crippen LogP contribution in [0.15, 0.2) is 47.4 Å². The molecular weight excluding hydrogens is 440 g/mol. The van der Waals surface area contributed by atoms with Gasteiger partial charge >= 0.3 is 6.61 Å². The van der Waals surface area contributed by atoms with Gasteiger partial charge in [-0.2, -0.15) is 13.1 Å². The molecule has 10 heteroatoms. The summed E-state index contributed by atoms with van der Waals surface area (Å²) in [6, 6.07) is 10.2. The number of nitrogens with zero attached hydrogens (tertiary/aromatic N) is 2. The van der Waals surface area contributed by atoms with Gasteiger partial charge in [0.15, 0.2) is 0 Å². The van der Waals surface area contributed by atoms with Crippen molar-refractivity contribution >= 4 is 27.3 Å². The van der Waals surface area contributed by atoms with Gasteiger partial charge < -0.3 is 15.0 Å². The van der Waals surface area contributed by atoms with E-state index in [9.17, 15) is 22.0 Å². The lowest BCUT2D eigenvalue weighted by Gasteiger charge is -2.23. The maximum atomic E-state index is 13.1. The topological polar surface area (TPSA) is 79.0 Å². The summed E-state index contributed by atoms with van der Waals surface area (Å²) in [5.74, 6) is -0.505. The van der Waals surface area contributed by atoms with E-state index in [0.717, 1.165) is 25.9 Å². The van der Waals surface area contributed by atoms with Crippen molar-refractivity contribution in [3.63, 3.8) is 0 Å². The van der Waals surface area contributed by atoms with E-state index in [1.807, 2.05) is 0 Å². The Morgan fingerprint density at radius 1 is 1.09 bits per heavy atom. The Labute approximate surface area is 187 Å². The minimum absolute atomic E-state index is 0.0249. The Kier molecular flexibility index (Phi) is 7.68. The molecule has 1 heterocycles. The van der Waals surface area contributed by atoms with Crippen molar-refractivity contribution in [3.8, 4) is 5.75 Å². The molecule has 0 unspecified atom stereocenters. The predicted molar refractivity (Wildman–Crippen MR) is 119 cm³/mol. The molecule has 0 spiro atoms. The Morgan fingerprint density at radius 2 is 1.72 bits per heavy atom. The van der Waals surface area contributed by atoms with Crippen LogP contribution in [-0.2, 0) is 10.0 Å². The maximum Gasteiger partial charge on any atom is 0.387 e. The lowest BCUT2D eigenvalue weighted by atomic mass is 10.1. The average molecular weight is 468 g/mol. The monoisotopic (exact) mass is 467 g/mol. The summed E-state index contributed by atoms with van der Waals surface area (Å²) in [7, 11) is -3.74. The van der Waals surface area contributed by atoms with Gasteiger partial charge in [0.25, 0.3) is 5.91 Å². The molecule has 0 saturated carbocycles. The van der Waals surface area contributed by atoms with Gasteiger partial charge in [0.1, 0.15) is 5.75 Å². The van der Waals surface area contributed by atoms with Crippen LogP contribution >= 0.6 is 0 Å². The van der Waals surface area contributed by atoms with Crippen molar-refractivity contribution in [1.29, 1.82) is 0 Å². The number of amides is 1. The molecule has 1 N–H and O–H groups in total. The number of ether oxygens (including phenoxy) is 1. The number of hydrogen-bond acceptors (Lipinski definition) is 5. The first kappa shape index (κ1) is 23.9. The summed E-state index contributed by atoms with van der Waals surface area (Å²) in [5, 5.41) is 2.72. The highest BCUT2D eigenvalue weighted by Crippen LogP contribution is 2.29. The molecular formula is C22H27F2N3O4S. The molecule has 1 fully saturated rings. The summed E-state index contributed by atoms with van der Waals surface area (Å²) in [6.45, 7) is 2.78. The molecule has 174 valence electrons. The van der Waals surface area contributed by atoms with Crippen molar-refractivity contribution in [2.24, 2.45) is 0 Å². The maximum absolute atomic E-state index is 13.1. The Morgan fingerprint density at radius 3 is 2.28 bits per heavy atom. The van der Waals surface area contributed by atoms with Crippen molar-refractivity contribution in [2.75, 3.05) is 36.4 Å². The fraction of sp³-hybridized carbons (Fsp3) is 0.409. The Hall–Kier alpha value is -2.72. The van der Waals surface area contributed by atoms with E-state index in [0.29, 0.717) is 24.5 Å². The summed E-state index contributed by atoms with van der Waals surface area (Å²) in [6.07, 6.45) is 1.98. The number of hydrogen-bond donors (Lipinski definition) is 1. The van der Waals surface area contributed by atoms with Gasteiger partial charge in [-0.25, -0.2) is 8.42 Å². The van der Waals surface area contributed by atoms with Gasteiger partial charge in [-0.15, -0.1) is 0 Å². The summed E-state index contributed by atoms with van der Waals surface area (Å²) in [5.41, 5.74) is 1.28. The minimum atomic E-state index is -3.74. The molecule has 1 aliphatic rings. The van der Waals surface area contributed by atoms with Crippen LogP contribution in [-0.4, -0.2) is 51.4 Å². The molecule has 1 amide bonds. The van der Waals surface area contributed by atoms with Crippen LogP contribution in [0.2, 0.25) is 0 Å². The summed E-state index contributed by atoms with van der Waals surface area (Å²) < 4.78 is 56.3. The third-order valence-electron chi connectivity index (χ3n) is 5.34. The van der Waals surface area contributed by atoms with Crippen LogP contribution in [0.3, 0.4) is 0 Å². The fourth-order valence-corrected chi connectivity index (χ4v) is 5.21. The van der Waals surface area contributed by atoms with Crippen LogP contribution in [0.25, 0.3) is 0 Å². The highest BCUT2D eigenvalue weighted by Gasteiger charge is 2.26. The molecule has 7 nitrogen and oxygen atoms in total. The lowest BCUT2D eigenvalue weighted by molar-refractivity contribution is -0.0498. The number of alkyl halides is 2. The second-order valence-electron chi connectivity index (χ2n) is 7.32. The SMILES string of the molecule is CCN(CC)S(=O)(=O)c1ccc(N2CCCC2)c(C(=O)Nc2ccc(OC(F)F)cc2)c1. The third kappa shape index (κ3) is 5.36. The van der Waals surface area contributed by atoms with Crippen molar-refractivity contribution in [1.82, 2.24) is 4.31 Å². The van der Waals surface area contributed by atoms with E-state index in [1.165, 1.54) is 40.7 Å². The Balaban J connectivity index is 1.93. The largest absolute Gasteiger partial charge is 0.435 e. The summed E-state index contributed by atoms with van der Waals surface area (Å²) >= 11 is 0. The quantitative estimate of drug-likeness (QED) is 0.599. The van der Waals surface area contributed by atoms with E-state index in [1.54, 1.807) is 19.9 Å². The van der Waals surface area contributed by atoms with Crippen LogP contribution in [0, 0.1) is 0 Å². The highest BCUT2D eigenvalue weighted by molar-refractivity contribution is 7.89. The molecule has 0 bridgehead atoms. The number of rotatable bonds is 9. The molecule has 0 aliphatic carbocycles. The van der Waals surface area contributed by atoms with Gasteiger partial charge in [-0.1, -0.05) is 13.8 Å². The molecule has 2 aromatic carbocycles. The van der Waals surface area contributed by atoms with E-state index >= 15 is 0 Å². The zero-order chi connectivity index (χ0) is 23.3. The van der Waals surface area contributed by atoms with Crippen molar-refractivity contribution < 1.29 is 26.7 Å². The third-order valence-corrected chi connectivity index (χ3v) is 7.39. The van der Waals surface area contributed by atoms with Crippen LogP contribution < -0.4 is 15.0 Å². The number of halogens is 2. The van der Waals surface area contributed by atoms with E-state index < -0.39 is 22.5 Å². The molecule has 1 saturated heterocycles. The second-order valence-corrected chi connectivity index (χ2v) is 9.26. The van der Waals surface area contributed by atoms with Gasteiger partial charge in [0, 0.05) is 37.6 Å². The molecule has 3 rings (SSSR count). The zero-order valence-corrected chi connectivity index (χ0v) is 18.9. The van der Waals surface area contributed by atoms with Crippen molar-refractivity contribution in [2.45, 2.75) is 38.2 Å². The number of sulfonamides is 1. The highest BCUT2D eigenvalue weighted by atomic mass is 32.2. The number of anilines is 2. The van der Waals surface area contributed by atoms with Crippen LogP contribution in [0.5, 0.6) is 5.75 Å². The van der Waals surface area contributed by atoms with E-state index in [4.69, 9.17) is 0 Å². The number of carbonyl (C=O) groups is 1. The van der Waals surface area contributed by atoms with Crippen LogP contribution in [0.1, 0.15) is 37.0 Å². The minimum Gasteiger partial charge on any atom is -0.435 e. The predicted octanol–water partition coefficient (Wildman–Crippen LogP) is 4.17.